The van der Waals surface area contributed by atoms with Gasteiger partial charge in [-0.2, -0.15) is 8.42 Å². The molecule has 0 aromatic heterocycles. The molecule has 0 unspecified atom stereocenters. The zero-order valence-corrected chi connectivity index (χ0v) is 7.03. The summed E-state index contributed by atoms with van der Waals surface area (Å²) in [6.07, 6.45) is 0. The zero-order valence-electron chi connectivity index (χ0n) is 3.94. The normalized spacial score (nSPS) is 13.8. The minimum Gasteiger partial charge on any atom is -0.195 e. The van der Waals surface area contributed by atoms with Crippen LogP contribution in [0.4, 0.5) is 3.89 Å². The lowest BCUT2D eigenvalue weighted by atomic mass is 10.9. The molecule has 0 N–H and O–H groups in total. The number of hydrogen-bond donors (Lipinski definition) is 0. The van der Waals surface area contributed by atoms with Gasteiger partial charge < -0.3 is 0 Å². The molecule has 0 bridgehead atoms. The van der Waals surface area contributed by atoms with Crippen molar-refractivity contribution in [3.8, 4) is 0 Å². The van der Waals surface area contributed by atoms with E-state index < -0.39 is 19.8 Å². The van der Waals surface area contributed by atoms with Crippen LogP contribution in [0.25, 0.3) is 0 Å². The summed E-state index contributed by atoms with van der Waals surface area (Å²) in [6, 6.07) is 0. The Kier molecular flexibility index (Phi) is 3.01. The third kappa shape index (κ3) is 8.75. The van der Waals surface area contributed by atoms with Gasteiger partial charge in [0.2, 0.25) is 3.79 Å². The summed E-state index contributed by atoms with van der Waals surface area (Å²) in [5.74, 6) is -1.11. The van der Waals surface area contributed by atoms with Crippen LogP contribution >= 0.6 is 34.8 Å². The average Bonchev–Trinajstić information content (AvgIpc) is 1.14. The SMILES string of the molecule is O=S(=O)(F)CC(Cl)(Cl)Cl. The molecule has 0 saturated heterocycles. The van der Waals surface area contributed by atoms with Crippen LogP contribution in [-0.4, -0.2) is 18.0 Å². The fraction of sp³-hybridized carbons (Fsp3) is 1.00. The highest BCUT2D eigenvalue weighted by Gasteiger charge is 2.27. The summed E-state index contributed by atoms with van der Waals surface area (Å²) in [5.41, 5.74) is 0. The van der Waals surface area contributed by atoms with E-state index in [9.17, 15) is 12.3 Å². The van der Waals surface area contributed by atoms with Crippen molar-refractivity contribution in [1.82, 2.24) is 0 Å². The molecule has 0 rings (SSSR count). The second-order valence-electron chi connectivity index (χ2n) is 1.30. The van der Waals surface area contributed by atoms with E-state index in [1.807, 2.05) is 0 Å². The average molecular weight is 215 g/mol. The van der Waals surface area contributed by atoms with Crippen molar-refractivity contribution >= 4 is 45.0 Å². The van der Waals surface area contributed by atoms with E-state index in [1.54, 1.807) is 0 Å². The molecule has 0 aliphatic rings. The highest BCUT2D eigenvalue weighted by atomic mass is 35.6. The molecule has 0 fully saturated rings. The Labute approximate surface area is 67.1 Å². The van der Waals surface area contributed by atoms with Crippen LogP contribution < -0.4 is 0 Å². The smallest absolute Gasteiger partial charge is 0.195 e. The van der Waals surface area contributed by atoms with Crippen molar-refractivity contribution in [2.24, 2.45) is 0 Å². The first-order chi connectivity index (χ1) is 3.71. The van der Waals surface area contributed by atoms with E-state index in [4.69, 9.17) is 34.8 Å². The summed E-state index contributed by atoms with van der Waals surface area (Å²) >= 11 is 14.8. The van der Waals surface area contributed by atoms with Crippen molar-refractivity contribution in [2.75, 3.05) is 5.75 Å². The van der Waals surface area contributed by atoms with Crippen molar-refractivity contribution < 1.29 is 12.3 Å². The van der Waals surface area contributed by atoms with Crippen molar-refractivity contribution in [3.05, 3.63) is 0 Å². The van der Waals surface area contributed by atoms with Crippen molar-refractivity contribution in [2.45, 2.75) is 3.79 Å². The standard InChI is InChI=1S/C2H2Cl3FO2S/c3-2(4,5)1-9(6,7)8/h1H2. The first-order valence-corrected chi connectivity index (χ1v) is 4.38. The fourth-order valence-electron chi connectivity index (χ4n) is 0.195. The predicted molar refractivity (Wildman–Crippen MR) is 35.2 cm³/mol. The van der Waals surface area contributed by atoms with Gasteiger partial charge in [-0.05, 0) is 0 Å². The van der Waals surface area contributed by atoms with Crippen LogP contribution in [-0.2, 0) is 10.2 Å². The predicted octanol–water partition coefficient (Wildman–Crippen LogP) is 1.66. The Morgan fingerprint density at radius 3 is 1.67 bits per heavy atom. The van der Waals surface area contributed by atoms with Gasteiger partial charge in [-0.25, -0.2) is 0 Å². The molecule has 0 spiro atoms. The van der Waals surface area contributed by atoms with E-state index in [0.29, 0.717) is 0 Å². The Balaban J connectivity index is 4.07. The van der Waals surface area contributed by atoms with Gasteiger partial charge in [0, 0.05) is 0 Å². The zero-order chi connectivity index (χ0) is 7.71. The summed E-state index contributed by atoms with van der Waals surface area (Å²) < 4.78 is 29.0. The minimum atomic E-state index is -4.68. The second-order valence-corrected chi connectivity index (χ2v) is 5.18. The van der Waals surface area contributed by atoms with Gasteiger partial charge in [0.1, 0.15) is 5.75 Å². The van der Waals surface area contributed by atoms with Gasteiger partial charge >= 0.3 is 10.2 Å². The lowest BCUT2D eigenvalue weighted by molar-refractivity contribution is 0.552. The van der Waals surface area contributed by atoms with Gasteiger partial charge in [0.05, 0.1) is 0 Å². The maximum atomic E-state index is 11.6. The molecule has 0 aliphatic heterocycles. The van der Waals surface area contributed by atoms with Gasteiger partial charge in [-0.15, -0.1) is 3.89 Å². The van der Waals surface area contributed by atoms with Crippen LogP contribution in [0, 0.1) is 0 Å². The summed E-state index contributed by atoms with van der Waals surface area (Å²) in [5, 5.41) is 0. The quantitative estimate of drug-likeness (QED) is 0.492. The molecule has 0 atom stereocenters. The van der Waals surface area contributed by atoms with Crippen LogP contribution in [0.15, 0.2) is 0 Å². The van der Waals surface area contributed by atoms with Crippen LogP contribution in [0.2, 0.25) is 0 Å². The maximum Gasteiger partial charge on any atom is 0.306 e. The molecule has 0 aromatic carbocycles. The summed E-state index contributed by atoms with van der Waals surface area (Å²) in [6.45, 7) is 0. The summed E-state index contributed by atoms with van der Waals surface area (Å²) in [7, 11) is -4.68. The molecule has 7 heteroatoms. The van der Waals surface area contributed by atoms with Crippen LogP contribution in [0.5, 0.6) is 0 Å². The Morgan fingerprint density at radius 2 is 1.67 bits per heavy atom. The Hall–Kier alpha value is 0.750. The minimum absolute atomic E-state index is 1.11. The highest BCUT2D eigenvalue weighted by molar-refractivity contribution is 7.86. The third-order valence-corrected chi connectivity index (χ3v) is 1.99. The number of alkyl halides is 3. The topological polar surface area (TPSA) is 34.1 Å². The Morgan fingerprint density at radius 1 is 1.33 bits per heavy atom. The van der Waals surface area contributed by atoms with E-state index in [-0.39, 0.29) is 0 Å². The van der Waals surface area contributed by atoms with Crippen LogP contribution in [0.1, 0.15) is 0 Å². The fourth-order valence-corrected chi connectivity index (χ4v) is 1.76. The van der Waals surface area contributed by atoms with Crippen LogP contribution in [0.3, 0.4) is 0 Å². The second kappa shape index (κ2) is 2.78. The molecular weight excluding hydrogens is 213 g/mol. The van der Waals surface area contributed by atoms with E-state index >= 15 is 0 Å². The molecule has 0 amide bonds. The molecule has 0 radical (unpaired) electrons. The molecule has 0 aromatic rings. The maximum absolute atomic E-state index is 11.6. The molecule has 2 nitrogen and oxygen atoms in total. The van der Waals surface area contributed by atoms with Gasteiger partial charge in [0.15, 0.2) is 0 Å². The third-order valence-electron chi connectivity index (χ3n) is 0.336. The van der Waals surface area contributed by atoms with E-state index in [0.717, 1.165) is 0 Å². The van der Waals surface area contributed by atoms with E-state index in [1.165, 1.54) is 0 Å². The van der Waals surface area contributed by atoms with Gasteiger partial charge in [-0.1, -0.05) is 34.8 Å². The molecule has 0 aliphatic carbocycles. The number of rotatable bonds is 1. The number of halogens is 4. The molecule has 56 valence electrons. The van der Waals surface area contributed by atoms with Gasteiger partial charge in [-0.3, -0.25) is 0 Å². The number of hydrogen-bond acceptors (Lipinski definition) is 2. The van der Waals surface area contributed by atoms with Gasteiger partial charge in [0.25, 0.3) is 0 Å². The molecular formula is C2H2Cl3FO2S. The molecule has 0 saturated carbocycles. The lowest BCUT2D eigenvalue weighted by Crippen LogP contribution is -2.15. The van der Waals surface area contributed by atoms with Crippen molar-refractivity contribution in [1.29, 1.82) is 0 Å². The molecule has 9 heavy (non-hydrogen) atoms. The largest absolute Gasteiger partial charge is 0.306 e. The first-order valence-electron chi connectivity index (χ1n) is 1.70. The lowest BCUT2D eigenvalue weighted by Gasteiger charge is -2.04. The molecule has 0 heterocycles. The van der Waals surface area contributed by atoms with E-state index in [2.05, 4.69) is 0 Å². The van der Waals surface area contributed by atoms with Crippen molar-refractivity contribution in [3.63, 3.8) is 0 Å². The Bertz CT molecular complexity index is 180. The monoisotopic (exact) mass is 214 g/mol. The first kappa shape index (κ1) is 9.75. The highest BCUT2D eigenvalue weighted by Crippen LogP contribution is 2.27. The summed E-state index contributed by atoms with van der Waals surface area (Å²) in [4.78, 5) is 0.